The molecule has 1 fully saturated rings. The Kier molecular flexibility index (Phi) is 7.24. The molecule has 1 aromatic carbocycles. The maximum absolute atomic E-state index is 12.7. The number of carbonyl (C=O) groups excluding carboxylic acids is 1. The van der Waals surface area contributed by atoms with E-state index < -0.39 is 0 Å². The second kappa shape index (κ2) is 10.1. The molecule has 176 valence electrons. The maximum Gasteiger partial charge on any atom is 0.233 e. The molecule has 1 aliphatic rings. The molecule has 4 rings (SSSR count). The molecule has 1 saturated heterocycles. The predicted octanol–water partition coefficient (Wildman–Crippen LogP) is 4.66. The lowest BCUT2D eigenvalue weighted by Gasteiger charge is -2.19. The number of carbonyl (C=O) groups is 1. The van der Waals surface area contributed by atoms with Crippen LogP contribution in [0, 0.1) is 0 Å². The number of hydrogen-bond acceptors (Lipinski definition) is 6. The Morgan fingerprint density at radius 2 is 2.03 bits per heavy atom. The first-order chi connectivity index (χ1) is 15.8. The minimum absolute atomic E-state index is 0.0286. The van der Waals surface area contributed by atoms with Crippen LogP contribution in [0.2, 0.25) is 0 Å². The van der Waals surface area contributed by atoms with E-state index in [1.807, 2.05) is 23.6 Å². The molecule has 1 amide bonds. The second-order valence-corrected chi connectivity index (χ2v) is 10.7. The van der Waals surface area contributed by atoms with Crippen LogP contribution in [0.15, 0.2) is 52.2 Å². The van der Waals surface area contributed by atoms with Crippen molar-refractivity contribution in [1.82, 2.24) is 20.1 Å². The SMILES string of the molecule is C[C@@H](Sc1nnc(-c2ccc(C(C)(C)C)cc2)n1Cc1ccco1)C(=O)NC[C@@H]1CCCO1. The minimum Gasteiger partial charge on any atom is -0.467 e. The van der Waals surface area contributed by atoms with Crippen LogP contribution >= 0.6 is 11.8 Å². The van der Waals surface area contributed by atoms with Crippen molar-refractivity contribution in [3.8, 4) is 11.4 Å². The lowest BCUT2D eigenvalue weighted by atomic mass is 9.87. The van der Waals surface area contributed by atoms with Gasteiger partial charge in [0.25, 0.3) is 0 Å². The predicted molar refractivity (Wildman–Crippen MR) is 129 cm³/mol. The van der Waals surface area contributed by atoms with Gasteiger partial charge in [0.15, 0.2) is 11.0 Å². The number of aromatic nitrogens is 3. The van der Waals surface area contributed by atoms with Crippen molar-refractivity contribution in [1.29, 1.82) is 0 Å². The molecule has 0 unspecified atom stereocenters. The van der Waals surface area contributed by atoms with Crippen molar-refractivity contribution < 1.29 is 13.9 Å². The van der Waals surface area contributed by atoms with Crippen LogP contribution in [-0.4, -0.2) is 45.2 Å². The number of furan rings is 1. The molecule has 0 saturated carbocycles. The second-order valence-electron chi connectivity index (χ2n) is 9.44. The van der Waals surface area contributed by atoms with Gasteiger partial charge in [-0.1, -0.05) is 56.8 Å². The van der Waals surface area contributed by atoms with Crippen molar-refractivity contribution >= 4 is 17.7 Å². The Bertz CT molecular complexity index is 1050. The zero-order valence-electron chi connectivity index (χ0n) is 19.7. The van der Waals surface area contributed by atoms with Crippen molar-refractivity contribution in [2.75, 3.05) is 13.2 Å². The molecule has 33 heavy (non-hydrogen) atoms. The first-order valence-corrected chi connectivity index (χ1v) is 12.3. The Labute approximate surface area is 199 Å². The maximum atomic E-state index is 12.7. The number of rotatable bonds is 8. The van der Waals surface area contributed by atoms with Gasteiger partial charge in [0.05, 0.1) is 24.2 Å². The summed E-state index contributed by atoms with van der Waals surface area (Å²) >= 11 is 1.40. The molecule has 1 N–H and O–H groups in total. The Balaban J connectivity index is 1.53. The fourth-order valence-corrected chi connectivity index (χ4v) is 4.66. The fourth-order valence-electron chi connectivity index (χ4n) is 3.78. The van der Waals surface area contributed by atoms with Gasteiger partial charge in [-0.25, -0.2) is 0 Å². The summed E-state index contributed by atoms with van der Waals surface area (Å²) in [6.07, 6.45) is 3.83. The Hall–Kier alpha value is -2.58. The number of amides is 1. The van der Waals surface area contributed by atoms with Crippen LogP contribution in [0.3, 0.4) is 0 Å². The van der Waals surface area contributed by atoms with E-state index in [0.717, 1.165) is 36.6 Å². The molecule has 0 bridgehead atoms. The summed E-state index contributed by atoms with van der Waals surface area (Å²) in [5.41, 5.74) is 2.31. The molecular weight excluding hydrogens is 436 g/mol. The third kappa shape index (κ3) is 5.86. The first kappa shape index (κ1) is 23.6. The van der Waals surface area contributed by atoms with Crippen molar-refractivity contribution in [2.24, 2.45) is 0 Å². The number of thioether (sulfide) groups is 1. The average molecular weight is 469 g/mol. The zero-order chi connectivity index (χ0) is 23.4. The molecule has 3 aromatic rings. The van der Waals surface area contributed by atoms with Crippen LogP contribution in [0.4, 0.5) is 0 Å². The van der Waals surface area contributed by atoms with Gasteiger partial charge in [0, 0.05) is 18.7 Å². The molecule has 0 spiro atoms. The third-order valence-corrected chi connectivity index (χ3v) is 6.88. The molecular formula is C25H32N4O3S. The van der Waals surface area contributed by atoms with E-state index in [2.05, 4.69) is 60.6 Å². The van der Waals surface area contributed by atoms with Crippen molar-refractivity contribution in [2.45, 2.75) is 69.0 Å². The number of benzene rings is 1. The van der Waals surface area contributed by atoms with E-state index in [4.69, 9.17) is 9.15 Å². The number of nitrogens with zero attached hydrogens (tertiary/aromatic N) is 3. The van der Waals surface area contributed by atoms with Crippen molar-refractivity contribution in [3.63, 3.8) is 0 Å². The minimum atomic E-state index is -0.318. The van der Waals surface area contributed by atoms with Gasteiger partial charge >= 0.3 is 0 Å². The van der Waals surface area contributed by atoms with Gasteiger partial charge in [0.2, 0.25) is 5.91 Å². The molecule has 2 aromatic heterocycles. The van der Waals surface area contributed by atoms with Crippen molar-refractivity contribution in [3.05, 3.63) is 54.0 Å². The molecule has 0 aliphatic carbocycles. The largest absolute Gasteiger partial charge is 0.467 e. The van der Waals surface area contributed by atoms with E-state index in [0.29, 0.717) is 18.2 Å². The van der Waals surface area contributed by atoms with E-state index in [1.165, 1.54) is 17.3 Å². The number of ether oxygens (including phenoxy) is 1. The lowest BCUT2D eigenvalue weighted by molar-refractivity contribution is -0.120. The van der Waals surface area contributed by atoms with Gasteiger partial charge in [-0.05, 0) is 42.9 Å². The highest BCUT2D eigenvalue weighted by molar-refractivity contribution is 8.00. The molecule has 2 atom stereocenters. The van der Waals surface area contributed by atoms with Crippen LogP contribution in [0.1, 0.15) is 51.9 Å². The van der Waals surface area contributed by atoms with Crippen LogP contribution in [0.5, 0.6) is 0 Å². The van der Waals surface area contributed by atoms with Crippen LogP contribution in [-0.2, 0) is 21.5 Å². The molecule has 7 nitrogen and oxygen atoms in total. The summed E-state index contributed by atoms with van der Waals surface area (Å²) in [5, 5.41) is 12.3. The smallest absolute Gasteiger partial charge is 0.233 e. The van der Waals surface area contributed by atoms with E-state index in [1.54, 1.807) is 6.26 Å². The monoisotopic (exact) mass is 468 g/mol. The Morgan fingerprint density at radius 3 is 2.67 bits per heavy atom. The third-order valence-electron chi connectivity index (χ3n) is 5.80. The lowest BCUT2D eigenvalue weighted by Crippen LogP contribution is -2.36. The van der Waals surface area contributed by atoms with Gasteiger partial charge in [-0.2, -0.15) is 0 Å². The molecule has 8 heteroatoms. The quantitative estimate of drug-likeness (QED) is 0.484. The normalized spacial score (nSPS) is 17.3. The topological polar surface area (TPSA) is 82.2 Å². The molecule has 3 heterocycles. The highest BCUT2D eigenvalue weighted by atomic mass is 32.2. The highest BCUT2D eigenvalue weighted by Crippen LogP contribution is 2.30. The summed E-state index contributed by atoms with van der Waals surface area (Å²) in [5.74, 6) is 1.53. The van der Waals surface area contributed by atoms with Gasteiger partial charge in [0.1, 0.15) is 5.76 Å². The van der Waals surface area contributed by atoms with Crippen LogP contribution in [0.25, 0.3) is 11.4 Å². The first-order valence-electron chi connectivity index (χ1n) is 11.4. The average Bonchev–Trinajstić information content (AvgIpc) is 3.55. The van der Waals surface area contributed by atoms with E-state index in [9.17, 15) is 4.79 Å². The summed E-state index contributed by atoms with van der Waals surface area (Å²) in [6, 6.07) is 12.2. The van der Waals surface area contributed by atoms with Gasteiger partial charge in [-0.3, -0.25) is 9.36 Å². The highest BCUT2D eigenvalue weighted by Gasteiger charge is 2.23. The molecule has 1 aliphatic heterocycles. The summed E-state index contributed by atoms with van der Waals surface area (Å²) < 4.78 is 13.2. The summed E-state index contributed by atoms with van der Waals surface area (Å²) in [4.78, 5) is 12.7. The van der Waals surface area contributed by atoms with E-state index in [-0.39, 0.29) is 22.7 Å². The standard InChI is InChI=1S/C25H32N4O3S/c1-17(23(30)26-15-20-7-5-13-31-20)33-24-28-27-22(29(24)16-21-8-6-14-32-21)18-9-11-19(12-10-18)25(2,3)4/h6,8-12,14,17,20H,5,7,13,15-16H2,1-4H3,(H,26,30)/t17-,20+/m1/s1. The van der Waals surface area contributed by atoms with Gasteiger partial charge in [-0.15, -0.1) is 10.2 Å². The Morgan fingerprint density at radius 1 is 1.24 bits per heavy atom. The van der Waals surface area contributed by atoms with E-state index >= 15 is 0 Å². The number of nitrogens with one attached hydrogen (secondary N) is 1. The summed E-state index contributed by atoms with van der Waals surface area (Å²) in [6.45, 7) is 10.3. The fraction of sp³-hybridized carbons (Fsp3) is 0.480. The zero-order valence-corrected chi connectivity index (χ0v) is 20.5. The van der Waals surface area contributed by atoms with Crippen LogP contribution < -0.4 is 5.32 Å². The van der Waals surface area contributed by atoms with Gasteiger partial charge < -0.3 is 14.5 Å². The molecule has 0 radical (unpaired) electrons. The number of hydrogen-bond donors (Lipinski definition) is 1. The summed E-state index contributed by atoms with van der Waals surface area (Å²) in [7, 11) is 0.